The number of benzene rings is 2. The molecule has 0 atom stereocenters. The van der Waals surface area contributed by atoms with Gasteiger partial charge in [0.2, 0.25) is 0 Å². The molecule has 0 fully saturated rings. The normalized spacial score (nSPS) is 11.8. The Morgan fingerprint density at radius 3 is 2.07 bits per heavy atom. The van der Waals surface area contributed by atoms with Gasteiger partial charge >= 0.3 is 0 Å². The summed E-state index contributed by atoms with van der Waals surface area (Å²) >= 11 is 5.79. The van der Waals surface area contributed by atoms with E-state index in [1.54, 1.807) is 24.3 Å². The number of hydrogen-bond donors (Lipinski definition) is 2. The van der Waals surface area contributed by atoms with E-state index in [-0.39, 0.29) is 17.9 Å². The van der Waals surface area contributed by atoms with E-state index < -0.39 is 5.91 Å². The van der Waals surface area contributed by atoms with Gasteiger partial charge < -0.3 is 5.32 Å². The lowest BCUT2D eigenvalue weighted by Crippen LogP contribution is -2.35. The van der Waals surface area contributed by atoms with Crippen LogP contribution in [0.4, 0.5) is 0 Å². The molecule has 0 saturated carbocycles. The van der Waals surface area contributed by atoms with Gasteiger partial charge in [0.05, 0.1) is 12.3 Å². The first kappa shape index (κ1) is 20.6. The van der Waals surface area contributed by atoms with Crippen LogP contribution in [-0.4, -0.2) is 24.1 Å². The minimum absolute atomic E-state index is 0.0834. The number of hydrazone groups is 1. The maximum Gasteiger partial charge on any atom is 0.259 e. The van der Waals surface area contributed by atoms with E-state index in [9.17, 15) is 9.59 Å². The molecule has 2 aromatic carbocycles. The fourth-order valence-corrected chi connectivity index (χ4v) is 2.45. The van der Waals surface area contributed by atoms with Crippen LogP contribution in [-0.2, 0) is 10.2 Å². The van der Waals surface area contributed by atoms with E-state index in [1.807, 2.05) is 19.1 Å². The highest BCUT2D eigenvalue weighted by Crippen LogP contribution is 2.22. The predicted octanol–water partition coefficient (Wildman–Crippen LogP) is 3.91. The van der Waals surface area contributed by atoms with Gasteiger partial charge in [0.15, 0.2) is 0 Å². The van der Waals surface area contributed by atoms with Gasteiger partial charge in [-0.15, -0.1) is 0 Å². The lowest BCUT2D eigenvalue weighted by Gasteiger charge is -2.19. The molecule has 2 rings (SSSR count). The van der Waals surface area contributed by atoms with Gasteiger partial charge in [-0.05, 0) is 47.7 Å². The third kappa shape index (κ3) is 6.22. The summed E-state index contributed by atoms with van der Waals surface area (Å²) in [5, 5.41) is 7.19. The summed E-state index contributed by atoms with van der Waals surface area (Å²) in [7, 11) is 0. The topological polar surface area (TPSA) is 70.6 Å². The van der Waals surface area contributed by atoms with Crippen LogP contribution in [0.25, 0.3) is 0 Å². The molecule has 5 nitrogen and oxygen atoms in total. The SMILES string of the molecule is C/C(=N/NC(=O)CNC(=O)c1ccc(Cl)cc1)c1ccc(C(C)(C)C)cc1. The number of carbonyl (C=O) groups excluding carboxylic acids is 2. The highest BCUT2D eigenvalue weighted by atomic mass is 35.5. The van der Waals surface area contributed by atoms with Crippen molar-refractivity contribution in [1.82, 2.24) is 10.7 Å². The maximum atomic E-state index is 12.0. The molecule has 6 heteroatoms. The second-order valence-electron chi connectivity index (χ2n) is 7.25. The molecular weight excluding hydrogens is 362 g/mol. The number of rotatable bonds is 5. The first-order chi connectivity index (χ1) is 12.7. The Labute approximate surface area is 164 Å². The second kappa shape index (κ2) is 8.82. The third-order valence-electron chi connectivity index (χ3n) is 4.03. The summed E-state index contributed by atoms with van der Waals surface area (Å²) in [4.78, 5) is 23.9. The van der Waals surface area contributed by atoms with E-state index in [2.05, 4.69) is 48.7 Å². The number of hydrogen-bond acceptors (Lipinski definition) is 3. The van der Waals surface area contributed by atoms with E-state index in [1.165, 1.54) is 5.56 Å². The van der Waals surface area contributed by atoms with Gasteiger partial charge in [0.25, 0.3) is 11.8 Å². The molecule has 0 aromatic heterocycles. The van der Waals surface area contributed by atoms with Crippen LogP contribution in [0.15, 0.2) is 53.6 Å². The molecule has 0 bridgehead atoms. The van der Waals surface area contributed by atoms with Crippen molar-refractivity contribution in [2.45, 2.75) is 33.1 Å². The average Bonchev–Trinajstić information content (AvgIpc) is 2.64. The minimum atomic E-state index is -0.400. The lowest BCUT2D eigenvalue weighted by molar-refractivity contribution is -0.120. The van der Waals surface area contributed by atoms with Gasteiger partial charge in [-0.2, -0.15) is 5.10 Å². The van der Waals surface area contributed by atoms with Crippen molar-refractivity contribution in [2.75, 3.05) is 6.54 Å². The highest BCUT2D eigenvalue weighted by molar-refractivity contribution is 6.30. The number of nitrogens with one attached hydrogen (secondary N) is 2. The molecule has 0 radical (unpaired) electrons. The van der Waals surface area contributed by atoms with E-state index >= 15 is 0 Å². The molecule has 2 aromatic rings. The largest absolute Gasteiger partial charge is 0.343 e. The zero-order valence-electron chi connectivity index (χ0n) is 16.0. The van der Waals surface area contributed by atoms with E-state index in [4.69, 9.17) is 11.6 Å². The Morgan fingerprint density at radius 1 is 0.963 bits per heavy atom. The molecule has 2 amide bonds. The number of amides is 2. The third-order valence-corrected chi connectivity index (χ3v) is 4.28. The van der Waals surface area contributed by atoms with Crippen molar-refractivity contribution in [3.05, 3.63) is 70.2 Å². The molecule has 0 unspecified atom stereocenters. The molecule has 0 saturated heterocycles. The quantitative estimate of drug-likeness (QED) is 0.605. The molecule has 0 heterocycles. The average molecular weight is 386 g/mol. The summed E-state index contributed by atoms with van der Waals surface area (Å²) < 4.78 is 0. The molecule has 142 valence electrons. The van der Waals surface area contributed by atoms with Gasteiger partial charge in [-0.25, -0.2) is 5.43 Å². The molecule has 0 spiro atoms. The molecule has 0 aliphatic carbocycles. The fraction of sp³-hybridized carbons (Fsp3) is 0.286. The predicted molar refractivity (Wildman–Crippen MR) is 109 cm³/mol. The highest BCUT2D eigenvalue weighted by Gasteiger charge is 2.13. The Kier molecular flexibility index (Phi) is 6.75. The Bertz CT molecular complexity index is 835. The molecule has 0 aliphatic heterocycles. The van der Waals surface area contributed by atoms with Gasteiger partial charge in [-0.3, -0.25) is 9.59 Å². The molecule has 0 aliphatic rings. The van der Waals surface area contributed by atoms with Crippen LogP contribution in [0.3, 0.4) is 0 Å². The van der Waals surface area contributed by atoms with E-state index in [0.717, 1.165) is 5.56 Å². The van der Waals surface area contributed by atoms with Gasteiger partial charge in [0, 0.05) is 10.6 Å². The summed E-state index contributed by atoms with van der Waals surface area (Å²) in [6.45, 7) is 8.12. The zero-order chi connectivity index (χ0) is 20.0. The first-order valence-electron chi connectivity index (χ1n) is 8.64. The molecule has 2 N–H and O–H groups in total. The summed E-state index contributed by atoms with van der Waals surface area (Å²) in [5.41, 5.74) is 5.82. The summed E-state index contributed by atoms with van der Waals surface area (Å²) in [6.07, 6.45) is 0. The smallest absolute Gasteiger partial charge is 0.259 e. The Hall–Kier alpha value is -2.66. The zero-order valence-corrected chi connectivity index (χ0v) is 16.7. The van der Waals surface area contributed by atoms with Crippen molar-refractivity contribution in [2.24, 2.45) is 5.10 Å². The fourth-order valence-electron chi connectivity index (χ4n) is 2.33. The van der Waals surface area contributed by atoms with Crippen LogP contribution in [0.2, 0.25) is 5.02 Å². The Morgan fingerprint density at radius 2 is 1.52 bits per heavy atom. The van der Waals surface area contributed by atoms with Crippen LogP contribution in [0.1, 0.15) is 49.2 Å². The first-order valence-corrected chi connectivity index (χ1v) is 9.02. The van der Waals surface area contributed by atoms with Crippen LogP contribution >= 0.6 is 11.6 Å². The second-order valence-corrected chi connectivity index (χ2v) is 7.69. The molecule has 27 heavy (non-hydrogen) atoms. The standard InChI is InChI=1S/C21H24ClN3O2/c1-14(15-5-9-17(10-6-15)21(2,3)4)24-25-19(26)13-23-20(27)16-7-11-18(22)12-8-16/h5-12H,13H2,1-4H3,(H,23,27)(H,25,26)/b24-14-. The van der Waals surface area contributed by atoms with Crippen molar-refractivity contribution >= 4 is 29.1 Å². The minimum Gasteiger partial charge on any atom is -0.343 e. The van der Waals surface area contributed by atoms with Gasteiger partial charge in [-0.1, -0.05) is 56.6 Å². The maximum absolute atomic E-state index is 12.0. The number of nitrogens with zero attached hydrogens (tertiary/aromatic N) is 1. The monoisotopic (exact) mass is 385 g/mol. The Balaban J connectivity index is 1.88. The van der Waals surface area contributed by atoms with Crippen molar-refractivity contribution in [1.29, 1.82) is 0 Å². The summed E-state index contributed by atoms with van der Waals surface area (Å²) in [6, 6.07) is 14.5. The summed E-state index contributed by atoms with van der Waals surface area (Å²) in [5.74, 6) is -0.747. The van der Waals surface area contributed by atoms with Crippen molar-refractivity contribution in [3.8, 4) is 0 Å². The van der Waals surface area contributed by atoms with Crippen molar-refractivity contribution < 1.29 is 9.59 Å². The number of carbonyl (C=O) groups is 2. The van der Waals surface area contributed by atoms with Crippen LogP contribution in [0, 0.1) is 0 Å². The lowest BCUT2D eigenvalue weighted by atomic mass is 9.86. The van der Waals surface area contributed by atoms with Crippen LogP contribution < -0.4 is 10.7 Å². The van der Waals surface area contributed by atoms with Crippen LogP contribution in [0.5, 0.6) is 0 Å². The number of halogens is 1. The van der Waals surface area contributed by atoms with Gasteiger partial charge in [0.1, 0.15) is 0 Å². The van der Waals surface area contributed by atoms with Crippen molar-refractivity contribution in [3.63, 3.8) is 0 Å². The molecular formula is C21H24ClN3O2. The van der Waals surface area contributed by atoms with E-state index in [0.29, 0.717) is 16.3 Å².